The van der Waals surface area contributed by atoms with Gasteiger partial charge in [0.25, 0.3) is 0 Å². The molecule has 4 rings (SSSR count). The van der Waals surface area contributed by atoms with Gasteiger partial charge in [0, 0.05) is 39.1 Å². The summed E-state index contributed by atoms with van der Waals surface area (Å²) in [7, 11) is 0. The first-order chi connectivity index (χ1) is 11.2. The lowest BCUT2D eigenvalue weighted by atomic mass is 10.2. The lowest BCUT2D eigenvalue weighted by molar-refractivity contribution is 0.626. The standard InChI is InChI=1S/C19H18Cl2N2/c20-15-3-1-12(2-4-15)10-22-11-14-8-17(14)19-9-13-7-16(21)5-6-18(13)23-19/h1-7,9,14,17,22-23H,8,10-11H2/t14-,17+/m0/s1. The molecule has 23 heavy (non-hydrogen) atoms. The molecule has 1 aliphatic rings. The molecule has 1 fully saturated rings. The highest BCUT2D eigenvalue weighted by Gasteiger charge is 2.38. The third-order valence-corrected chi connectivity index (χ3v) is 5.06. The van der Waals surface area contributed by atoms with Crippen molar-refractivity contribution in [3.8, 4) is 0 Å². The molecule has 1 aliphatic carbocycles. The van der Waals surface area contributed by atoms with Crippen LogP contribution in [0.4, 0.5) is 0 Å². The Morgan fingerprint density at radius 1 is 1.00 bits per heavy atom. The van der Waals surface area contributed by atoms with Crippen LogP contribution in [0, 0.1) is 5.92 Å². The minimum atomic E-state index is 0.638. The maximum Gasteiger partial charge on any atom is 0.0457 e. The molecule has 2 atom stereocenters. The van der Waals surface area contributed by atoms with E-state index in [9.17, 15) is 0 Å². The Morgan fingerprint density at radius 3 is 2.61 bits per heavy atom. The van der Waals surface area contributed by atoms with Crippen molar-refractivity contribution in [1.29, 1.82) is 0 Å². The molecule has 0 unspecified atom stereocenters. The first-order valence-electron chi connectivity index (χ1n) is 7.92. The highest BCUT2D eigenvalue weighted by atomic mass is 35.5. The predicted molar refractivity (Wildman–Crippen MR) is 97.3 cm³/mol. The highest BCUT2D eigenvalue weighted by Crippen LogP contribution is 2.47. The van der Waals surface area contributed by atoms with Gasteiger partial charge in [-0.3, -0.25) is 0 Å². The Kier molecular flexibility index (Phi) is 4.06. The topological polar surface area (TPSA) is 27.8 Å². The van der Waals surface area contributed by atoms with E-state index in [0.29, 0.717) is 11.8 Å². The molecular formula is C19H18Cl2N2. The van der Waals surface area contributed by atoms with Crippen LogP contribution in [0.15, 0.2) is 48.5 Å². The maximum absolute atomic E-state index is 6.06. The third kappa shape index (κ3) is 3.40. The van der Waals surface area contributed by atoms with Crippen LogP contribution in [-0.4, -0.2) is 11.5 Å². The summed E-state index contributed by atoms with van der Waals surface area (Å²) >= 11 is 12.0. The van der Waals surface area contributed by atoms with Gasteiger partial charge >= 0.3 is 0 Å². The van der Waals surface area contributed by atoms with Gasteiger partial charge in [-0.25, -0.2) is 0 Å². The SMILES string of the molecule is Clc1ccc(CNC[C@@H]2C[C@H]2c2cc3cc(Cl)ccc3[nH]2)cc1. The molecule has 3 aromatic rings. The van der Waals surface area contributed by atoms with Crippen LogP contribution in [0.5, 0.6) is 0 Å². The summed E-state index contributed by atoms with van der Waals surface area (Å²) in [5.74, 6) is 1.35. The van der Waals surface area contributed by atoms with E-state index in [1.807, 2.05) is 24.3 Å². The summed E-state index contributed by atoms with van der Waals surface area (Å²) in [6.07, 6.45) is 1.24. The van der Waals surface area contributed by atoms with Crippen molar-refractivity contribution >= 4 is 34.1 Å². The number of halogens is 2. The molecule has 118 valence electrons. The van der Waals surface area contributed by atoms with E-state index in [0.717, 1.165) is 23.1 Å². The average molecular weight is 345 g/mol. The second-order valence-electron chi connectivity index (χ2n) is 6.32. The fourth-order valence-electron chi connectivity index (χ4n) is 3.18. The van der Waals surface area contributed by atoms with Gasteiger partial charge in [0.1, 0.15) is 0 Å². The van der Waals surface area contributed by atoms with Crippen LogP contribution < -0.4 is 5.32 Å². The molecule has 0 bridgehead atoms. The molecule has 1 aromatic heterocycles. The number of hydrogen-bond donors (Lipinski definition) is 2. The molecule has 2 aromatic carbocycles. The van der Waals surface area contributed by atoms with Crippen molar-refractivity contribution in [2.75, 3.05) is 6.54 Å². The number of fused-ring (bicyclic) bond motifs is 1. The van der Waals surface area contributed by atoms with E-state index in [-0.39, 0.29) is 0 Å². The second-order valence-corrected chi connectivity index (χ2v) is 7.19. The number of benzene rings is 2. The van der Waals surface area contributed by atoms with Crippen LogP contribution in [0.2, 0.25) is 10.0 Å². The first-order valence-corrected chi connectivity index (χ1v) is 8.68. The van der Waals surface area contributed by atoms with Gasteiger partial charge in [0.15, 0.2) is 0 Å². The van der Waals surface area contributed by atoms with Crippen molar-refractivity contribution in [3.63, 3.8) is 0 Å². The first kappa shape index (κ1) is 15.1. The van der Waals surface area contributed by atoms with Crippen molar-refractivity contribution in [1.82, 2.24) is 10.3 Å². The van der Waals surface area contributed by atoms with Crippen molar-refractivity contribution < 1.29 is 0 Å². The van der Waals surface area contributed by atoms with Crippen LogP contribution in [0.1, 0.15) is 23.6 Å². The zero-order valence-electron chi connectivity index (χ0n) is 12.7. The van der Waals surface area contributed by atoms with Gasteiger partial charge < -0.3 is 10.3 Å². The van der Waals surface area contributed by atoms with Gasteiger partial charge in [0.05, 0.1) is 0 Å². The number of aromatic nitrogens is 1. The molecule has 2 nitrogen and oxygen atoms in total. The van der Waals surface area contributed by atoms with Gasteiger partial charge in [-0.15, -0.1) is 0 Å². The zero-order chi connectivity index (χ0) is 15.8. The Hall–Kier alpha value is -1.48. The van der Waals surface area contributed by atoms with Gasteiger partial charge in [-0.05, 0) is 60.8 Å². The fourth-order valence-corrected chi connectivity index (χ4v) is 3.49. The quantitative estimate of drug-likeness (QED) is 0.639. The smallest absolute Gasteiger partial charge is 0.0457 e. The lowest BCUT2D eigenvalue weighted by Crippen LogP contribution is -2.16. The Balaban J connectivity index is 1.33. The van der Waals surface area contributed by atoms with Crippen molar-refractivity contribution in [2.45, 2.75) is 18.9 Å². The second kappa shape index (κ2) is 6.20. The molecular weight excluding hydrogens is 327 g/mol. The highest BCUT2D eigenvalue weighted by molar-refractivity contribution is 6.31. The van der Waals surface area contributed by atoms with Crippen LogP contribution in [0.3, 0.4) is 0 Å². The number of aromatic amines is 1. The fraction of sp³-hybridized carbons (Fsp3) is 0.263. The molecule has 0 aliphatic heterocycles. The maximum atomic E-state index is 6.06. The molecule has 1 heterocycles. The van der Waals surface area contributed by atoms with E-state index in [2.05, 4.69) is 34.6 Å². The molecule has 2 N–H and O–H groups in total. The van der Waals surface area contributed by atoms with Gasteiger partial charge in [-0.1, -0.05) is 35.3 Å². The summed E-state index contributed by atoms with van der Waals surface area (Å²) in [6, 6.07) is 16.3. The summed E-state index contributed by atoms with van der Waals surface area (Å²) in [4.78, 5) is 3.53. The molecule has 0 saturated heterocycles. The largest absolute Gasteiger partial charge is 0.358 e. The number of hydrogen-bond acceptors (Lipinski definition) is 1. The molecule has 0 radical (unpaired) electrons. The van der Waals surface area contributed by atoms with Gasteiger partial charge in [0.2, 0.25) is 0 Å². The average Bonchev–Trinajstić information content (AvgIpc) is 3.19. The number of nitrogens with one attached hydrogen (secondary N) is 2. The summed E-state index contributed by atoms with van der Waals surface area (Å²) < 4.78 is 0. The Bertz CT molecular complexity index is 823. The van der Waals surface area contributed by atoms with E-state index >= 15 is 0 Å². The predicted octanol–water partition coefficient (Wildman–Crippen LogP) is 5.37. The summed E-state index contributed by atoms with van der Waals surface area (Å²) in [5, 5.41) is 6.33. The zero-order valence-corrected chi connectivity index (χ0v) is 14.2. The van der Waals surface area contributed by atoms with Gasteiger partial charge in [-0.2, -0.15) is 0 Å². The molecule has 4 heteroatoms. The van der Waals surface area contributed by atoms with E-state index < -0.39 is 0 Å². The number of rotatable bonds is 5. The third-order valence-electron chi connectivity index (χ3n) is 4.57. The van der Waals surface area contributed by atoms with Crippen LogP contribution in [-0.2, 0) is 6.54 Å². The summed E-state index contributed by atoms with van der Waals surface area (Å²) in [6.45, 7) is 1.94. The van der Waals surface area contributed by atoms with E-state index in [1.54, 1.807) is 0 Å². The normalized spacial score (nSPS) is 20.1. The number of H-pyrrole nitrogens is 1. The minimum Gasteiger partial charge on any atom is -0.358 e. The van der Waals surface area contributed by atoms with Crippen molar-refractivity contribution in [3.05, 3.63) is 69.8 Å². The molecule has 0 spiro atoms. The van der Waals surface area contributed by atoms with Crippen molar-refractivity contribution in [2.24, 2.45) is 5.92 Å². The lowest BCUT2D eigenvalue weighted by Gasteiger charge is -2.04. The van der Waals surface area contributed by atoms with Crippen LogP contribution >= 0.6 is 23.2 Å². The Labute approximate surface area is 145 Å². The molecule has 1 saturated carbocycles. The van der Waals surface area contributed by atoms with E-state index in [1.165, 1.54) is 28.6 Å². The monoisotopic (exact) mass is 344 g/mol. The minimum absolute atomic E-state index is 0.638. The molecule has 0 amide bonds. The van der Waals surface area contributed by atoms with Crippen LogP contribution in [0.25, 0.3) is 10.9 Å². The summed E-state index contributed by atoms with van der Waals surface area (Å²) in [5.41, 5.74) is 3.77. The van der Waals surface area contributed by atoms with E-state index in [4.69, 9.17) is 23.2 Å². The Morgan fingerprint density at radius 2 is 1.78 bits per heavy atom.